The van der Waals surface area contributed by atoms with Gasteiger partial charge in [-0.1, -0.05) is 15.9 Å². The van der Waals surface area contributed by atoms with E-state index in [0.29, 0.717) is 16.9 Å². The Kier molecular flexibility index (Phi) is 2.29. The van der Waals surface area contributed by atoms with Gasteiger partial charge in [0, 0.05) is 16.9 Å². The molecule has 3 rings (SSSR count). The zero-order chi connectivity index (χ0) is 11.8. The van der Waals surface area contributed by atoms with Crippen molar-refractivity contribution in [3.05, 3.63) is 51.5 Å². The molecule has 5 nitrogen and oxygen atoms in total. The molecule has 0 aliphatic heterocycles. The van der Waals surface area contributed by atoms with Crippen molar-refractivity contribution < 1.29 is 0 Å². The first-order valence-corrected chi connectivity index (χ1v) is 5.73. The van der Waals surface area contributed by atoms with Crippen LogP contribution in [0, 0.1) is 0 Å². The lowest BCUT2D eigenvalue weighted by atomic mass is 10.2. The molecule has 3 aromatic rings. The van der Waals surface area contributed by atoms with Crippen molar-refractivity contribution in [3.63, 3.8) is 0 Å². The van der Waals surface area contributed by atoms with Gasteiger partial charge >= 0.3 is 0 Å². The molecule has 0 fully saturated rings. The predicted molar refractivity (Wildman–Crippen MR) is 67.2 cm³/mol. The molecule has 0 atom stereocenters. The fourth-order valence-corrected chi connectivity index (χ4v) is 1.95. The molecule has 6 heteroatoms. The Hall–Kier alpha value is -1.95. The van der Waals surface area contributed by atoms with Crippen LogP contribution < -0.4 is 5.56 Å². The number of hydrogen-bond donors (Lipinski definition) is 1. The molecule has 84 valence electrons. The normalized spacial score (nSPS) is 10.9. The summed E-state index contributed by atoms with van der Waals surface area (Å²) in [5.74, 6) is 0.408. The van der Waals surface area contributed by atoms with Crippen LogP contribution in [0.15, 0.2) is 45.9 Å². The minimum absolute atomic E-state index is 0.173. The summed E-state index contributed by atoms with van der Waals surface area (Å²) in [7, 11) is 0. The van der Waals surface area contributed by atoms with E-state index in [2.05, 4.69) is 31.0 Å². The number of nitrogens with zero attached hydrogens (tertiary/aromatic N) is 3. The highest BCUT2D eigenvalue weighted by Gasteiger charge is 2.05. The van der Waals surface area contributed by atoms with E-state index in [0.717, 1.165) is 4.47 Å². The lowest BCUT2D eigenvalue weighted by Crippen LogP contribution is -2.13. The summed E-state index contributed by atoms with van der Waals surface area (Å²) in [5, 5.41) is 4.59. The lowest BCUT2D eigenvalue weighted by Gasteiger charge is -2.02. The van der Waals surface area contributed by atoms with Crippen molar-refractivity contribution in [2.45, 2.75) is 0 Å². The molecule has 0 amide bonds. The van der Waals surface area contributed by atoms with Gasteiger partial charge in [-0.05, 0) is 24.3 Å². The van der Waals surface area contributed by atoms with Gasteiger partial charge in [-0.25, -0.2) is 9.67 Å². The van der Waals surface area contributed by atoms with Gasteiger partial charge in [0.1, 0.15) is 0 Å². The summed E-state index contributed by atoms with van der Waals surface area (Å²) in [4.78, 5) is 18.9. The van der Waals surface area contributed by atoms with Crippen LogP contribution in [-0.4, -0.2) is 19.7 Å². The summed E-state index contributed by atoms with van der Waals surface area (Å²) in [6.07, 6.45) is 3.35. The average Bonchev–Trinajstić information content (AvgIpc) is 2.81. The highest BCUT2D eigenvalue weighted by molar-refractivity contribution is 9.10. The first kappa shape index (κ1) is 10.2. The van der Waals surface area contributed by atoms with Crippen LogP contribution in [-0.2, 0) is 0 Å². The lowest BCUT2D eigenvalue weighted by molar-refractivity contribution is 0.810. The highest BCUT2D eigenvalue weighted by Crippen LogP contribution is 2.15. The van der Waals surface area contributed by atoms with Gasteiger partial charge in [0.2, 0.25) is 5.95 Å². The first-order valence-electron chi connectivity index (χ1n) is 4.94. The Balaban J connectivity index is 2.33. The predicted octanol–water partition coefficient (Wildman–Crippen LogP) is 1.87. The van der Waals surface area contributed by atoms with Crippen LogP contribution in [0.2, 0.25) is 0 Å². The zero-order valence-electron chi connectivity index (χ0n) is 8.59. The second-order valence-corrected chi connectivity index (χ2v) is 4.42. The Morgan fingerprint density at radius 3 is 3.00 bits per heavy atom. The number of rotatable bonds is 1. The van der Waals surface area contributed by atoms with Crippen LogP contribution in [0.1, 0.15) is 0 Å². The third-order valence-electron chi connectivity index (χ3n) is 2.38. The minimum atomic E-state index is -0.173. The molecule has 0 aliphatic rings. The van der Waals surface area contributed by atoms with Crippen molar-refractivity contribution in [3.8, 4) is 5.95 Å². The standard InChI is InChI=1S/C11H7BrN4O/c12-7-2-3-8-9(6-7)14-11(15-10(8)17)16-5-1-4-13-16/h1-6H,(H,14,15,17). The van der Waals surface area contributed by atoms with Crippen molar-refractivity contribution in [1.82, 2.24) is 19.7 Å². The Bertz CT molecular complexity index is 733. The van der Waals surface area contributed by atoms with Crippen LogP contribution in [0.4, 0.5) is 0 Å². The van der Waals surface area contributed by atoms with E-state index in [9.17, 15) is 4.79 Å². The fourth-order valence-electron chi connectivity index (χ4n) is 1.60. The van der Waals surface area contributed by atoms with Gasteiger partial charge in [0.15, 0.2) is 0 Å². The third-order valence-corrected chi connectivity index (χ3v) is 2.87. The van der Waals surface area contributed by atoms with E-state index in [1.54, 1.807) is 30.6 Å². The van der Waals surface area contributed by atoms with Crippen molar-refractivity contribution in [1.29, 1.82) is 0 Å². The summed E-state index contributed by atoms with van der Waals surface area (Å²) in [6, 6.07) is 7.12. The van der Waals surface area contributed by atoms with Gasteiger partial charge in [0.05, 0.1) is 10.9 Å². The largest absolute Gasteiger partial charge is 0.290 e. The van der Waals surface area contributed by atoms with E-state index in [-0.39, 0.29) is 5.56 Å². The molecule has 0 bridgehead atoms. The van der Waals surface area contributed by atoms with Crippen molar-refractivity contribution in [2.24, 2.45) is 0 Å². The molecule has 0 saturated heterocycles. The molecule has 0 radical (unpaired) electrons. The molecular formula is C11H7BrN4O. The summed E-state index contributed by atoms with van der Waals surface area (Å²) in [5.41, 5.74) is 0.460. The molecule has 2 heterocycles. The van der Waals surface area contributed by atoms with Crippen molar-refractivity contribution in [2.75, 3.05) is 0 Å². The van der Waals surface area contributed by atoms with E-state index in [1.807, 2.05) is 6.07 Å². The topological polar surface area (TPSA) is 63.6 Å². The van der Waals surface area contributed by atoms with Crippen LogP contribution in [0.5, 0.6) is 0 Å². The monoisotopic (exact) mass is 290 g/mol. The second-order valence-electron chi connectivity index (χ2n) is 3.50. The minimum Gasteiger partial charge on any atom is -0.290 e. The quantitative estimate of drug-likeness (QED) is 0.744. The molecule has 0 unspecified atom stereocenters. The Labute approximate surface area is 104 Å². The SMILES string of the molecule is O=c1[nH]c(-n2cccn2)nc2cc(Br)ccc12. The maximum atomic E-state index is 11.9. The first-order chi connectivity index (χ1) is 8.24. The second kappa shape index (κ2) is 3.81. The number of aromatic amines is 1. The number of fused-ring (bicyclic) bond motifs is 1. The molecule has 0 saturated carbocycles. The number of H-pyrrole nitrogens is 1. The number of hydrogen-bond acceptors (Lipinski definition) is 3. The maximum Gasteiger partial charge on any atom is 0.260 e. The zero-order valence-corrected chi connectivity index (χ0v) is 10.2. The maximum absolute atomic E-state index is 11.9. The number of benzene rings is 1. The molecule has 0 spiro atoms. The van der Waals surface area contributed by atoms with Crippen LogP contribution in [0.3, 0.4) is 0 Å². The number of aromatic nitrogens is 4. The molecular weight excluding hydrogens is 284 g/mol. The number of halogens is 1. The average molecular weight is 291 g/mol. The van der Waals surface area contributed by atoms with Gasteiger partial charge in [-0.2, -0.15) is 5.10 Å². The smallest absolute Gasteiger partial charge is 0.260 e. The number of nitrogens with one attached hydrogen (secondary N) is 1. The van der Waals surface area contributed by atoms with Gasteiger partial charge in [-0.3, -0.25) is 9.78 Å². The molecule has 2 aromatic heterocycles. The Morgan fingerprint density at radius 2 is 2.24 bits per heavy atom. The van der Waals surface area contributed by atoms with E-state index < -0.39 is 0 Å². The van der Waals surface area contributed by atoms with E-state index in [4.69, 9.17) is 0 Å². The molecule has 0 aliphatic carbocycles. The molecule has 1 N–H and O–H groups in total. The van der Waals surface area contributed by atoms with E-state index in [1.165, 1.54) is 4.68 Å². The van der Waals surface area contributed by atoms with Gasteiger partial charge in [0.25, 0.3) is 5.56 Å². The summed E-state index contributed by atoms with van der Waals surface area (Å²) >= 11 is 3.36. The molecule has 1 aromatic carbocycles. The Morgan fingerprint density at radius 1 is 1.35 bits per heavy atom. The van der Waals surface area contributed by atoms with E-state index >= 15 is 0 Å². The summed E-state index contributed by atoms with van der Waals surface area (Å²) in [6.45, 7) is 0. The third kappa shape index (κ3) is 1.76. The van der Waals surface area contributed by atoms with Gasteiger partial charge in [-0.15, -0.1) is 0 Å². The highest BCUT2D eigenvalue weighted by atomic mass is 79.9. The summed E-state index contributed by atoms with van der Waals surface area (Å²) < 4.78 is 2.40. The fraction of sp³-hybridized carbons (Fsp3) is 0. The van der Waals surface area contributed by atoms with Crippen LogP contribution in [0.25, 0.3) is 16.9 Å². The molecule has 17 heavy (non-hydrogen) atoms. The van der Waals surface area contributed by atoms with Crippen LogP contribution >= 0.6 is 15.9 Å². The van der Waals surface area contributed by atoms with Gasteiger partial charge < -0.3 is 0 Å². The van der Waals surface area contributed by atoms with Crippen molar-refractivity contribution >= 4 is 26.8 Å².